The molecule has 0 aliphatic heterocycles. The second-order valence-corrected chi connectivity index (χ2v) is 5.40. The van der Waals surface area contributed by atoms with Gasteiger partial charge in [-0.2, -0.15) is 5.10 Å². The molecular formula is C10H6Br2N4O4. The van der Waals surface area contributed by atoms with Crippen LogP contribution in [0.4, 0.5) is 11.4 Å². The van der Waals surface area contributed by atoms with Crippen molar-refractivity contribution in [2.45, 2.75) is 6.54 Å². The normalized spacial score (nSPS) is 10.5. The van der Waals surface area contributed by atoms with E-state index in [0.717, 1.165) is 6.07 Å². The molecule has 2 rings (SSSR count). The fourth-order valence-electron chi connectivity index (χ4n) is 1.61. The molecule has 10 heteroatoms. The Hall–Kier alpha value is -1.81. The van der Waals surface area contributed by atoms with Gasteiger partial charge in [0.1, 0.15) is 9.21 Å². The Bertz CT molecular complexity index is 701. The maximum atomic E-state index is 11.0. The molecule has 104 valence electrons. The Kier molecular flexibility index (Phi) is 4.14. The average Bonchev–Trinajstić information content (AvgIpc) is 2.67. The minimum atomic E-state index is -0.669. The predicted octanol–water partition coefficient (Wildman–Crippen LogP) is 3.27. The highest BCUT2D eigenvalue weighted by Crippen LogP contribution is 2.26. The fourth-order valence-corrected chi connectivity index (χ4v) is 2.74. The molecule has 0 saturated carbocycles. The van der Waals surface area contributed by atoms with Gasteiger partial charge in [0, 0.05) is 12.1 Å². The molecule has 2 aromatic rings. The number of benzene rings is 1. The summed E-state index contributed by atoms with van der Waals surface area (Å²) in [5.74, 6) is 0. The number of nitro benzene ring substituents is 2. The molecule has 0 N–H and O–H groups in total. The summed E-state index contributed by atoms with van der Waals surface area (Å²) in [4.78, 5) is 20.4. The van der Waals surface area contributed by atoms with Gasteiger partial charge in [-0.1, -0.05) is 0 Å². The van der Waals surface area contributed by atoms with E-state index >= 15 is 0 Å². The van der Waals surface area contributed by atoms with E-state index in [1.54, 1.807) is 6.07 Å². The molecule has 0 aliphatic rings. The van der Waals surface area contributed by atoms with Crippen LogP contribution < -0.4 is 0 Å². The molecule has 0 amide bonds. The van der Waals surface area contributed by atoms with Crippen LogP contribution in [0.5, 0.6) is 0 Å². The molecule has 0 bridgehead atoms. The first-order valence-corrected chi connectivity index (χ1v) is 6.77. The van der Waals surface area contributed by atoms with E-state index < -0.39 is 9.85 Å². The summed E-state index contributed by atoms with van der Waals surface area (Å²) in [6, 6.07) is 5.23. The number of rotatable bonds is 4. The highest BCUT2D eigenvalue weighted by atomic mass is 79.9. The van der Waals surface area contributed by atoms with Crippen LogP contribution >= 0.6 is 31.9 Å². The van der Waals surface area contributed by atoms with Crippen molar-refractivity contribution in [1.82, 2.24) is 9.78 Å². The van der Waals surface area contributed by atoms with Crippen molar-refractivity contribution in [3.8, 4) is 0 Å². The second-order valence-electron chi connectivity index (χ2n) is 3.77. The molecule has 1 aromatic carbocycles. The summed E-state index contributed by atoms with van der Waals surface area (Å²) in [6.45, 7) is 0.125. The zero-order chi connectivity index (χ0) is 14.9. The topological polar surface area (TPSA) is 104 Å². The number of non-ortho nitro benzene ring substituents is 1. The summed E-state index contributed by atoms with van der Waals surface area (Å²) >= 11 is 6.46. The number of aromatic nitrogens is 2. The van der Waals surface area contributed by atoms with Crippen molar-refractivity contribution in [3.05, 3.63) is 59.3 Å². The van der Waals surface area contributed by atoms with Crippen molar-refractivity contribution in [2.75, 3.05) is 0 Å². The van der Waals surface area contributed by atoms with E-state index in [1.165, 1.54) is 16.8 Å². The van der Waals surface area contributed by atoms with E-state index in [9.17, 15) is 20.2 Å². The minimum absolute atomic E-state index is 0.125. The Morgan fingerprint density at radius 3 is 2.35 bits per heavy atom. The highest BCUT2D eigenvalue weighted by Gasteiger charge is 2.20. The number of nitrogens with zero attached hydrogens (tertiary/aromatic N) is 4. The van der Waals surface area contributed by atoms with Gasteiger partial charge in [-0.3, -0.25) is 24.9 Å². The third kappa shape index (κ3) is 3.02. The lowest BCUT2D eigenvalue weighted by Crippen LogP contribution is -2.05. The third-order valence-corrected chi connectivity index (χ3v) is 3.52. The van der Waals surface area contributed by atoms with Crippen LogP contribution in [0, 0.1) is 20.2 Å². The van der Waals surface area contributed by atoms with Crippen molar-refractivity contribution in [2.24, 2.45) is 0 Å². The number of hydrogen-bond acceptors (Lipinski definition) is 5. The predicted molar refractivity (Wildman–Crippen MR) is 76.5 cm³/mol. The number of nitro groups is 2. The number of halogens is 2. The molecule has 0 saturated heterocycles. The lowest BCUT2D eigenvalue weighted by molar-refractivity contribution is -0.394. The zero-order valence-electron chi connectivity index (χ0n) is 9.69. The Balaban J connectivity index is 2.43. The van der Waals surface area contributed by atoms with Crippen LogP contribution in [0.25, 0.3) is 0 Å². The van der Waals surface area contributed by atoms with Gasteiger partial charge in [0.05, 0.1) is 28.0 Å². The minimum Gasteiger partial charge on any atom is -0.258 e. The van der Waals surface area contributed by atoms with Gasteiger partial charge < -0.3 is 0 Å². The van der Waals surface area contributed by atoms with E-state index in [1.807, 2.05) is 0 Å². The Morgan fingerprint density at radius 1 is 1.15 bits per heavy atom. The highest BCUT2D eigenvalue weighted by molar-refractivity contribution is 9.11. The Labute approximate surface area is 129 Å². The van der Waals surface area contributed by atoms with Gasteiger partial charge in [-0.25, -0.2) is 0 Å². The largest absolute Gasteiger partial charge is 0.281 e. The molecule has 1 aromatic heterocycles. The molecule has 0 fully saturated rings. The standard InChI is InChI=1S/C10H6Br2N4O4/c11-9-4-10(12)14(13-9)5-6-1-2-7(15(17)18)3-8(6)16(19)20/h1-4H,5H2. The molecule has 0 atom stereocenters. The van der Waals surface area contributed by atoms with Crippen LogP contribution in [0.1, 0.15) is 5.56 Å². The van der Waals surface area contributed by atoms with Crippen molar-refractivity contribution in [3.63, 3.8) is 0 Å². The summed E-state index contributed by atoms with van der Waals surface area (Å²) in [6.07, 6.45) is 0. The molecule has 0 spiro atoms. The van der Waals surface area contributed by atoms with Gasteiger partial charge in [0.25, 0.3) is 11.4 Å². The Morgan fingerprint density at radius 2 is 1.85 bits per heavy atom. The summed E-state index contributed by atoms with van der Waals surface area (Å²) in [5, 5.41) is 25.8. The first kappa shape index (κ1) is 14.6. The third-order valence-electron chi connectivity index (χ3n) is 2.50. The van der Waals surface area contributed by atoms with E-state index in [0.29, 0.717) is 14.8 Å². The molecule has 0 unspecified atom stereocenters. The van der Waals surface area contributed by atoms with Crippen molar-refractivity contribution in [1.29, 1.82) is 0 Å². The lowest BCUT2D eigenvalue weighted by atomic mass is 10.1. The maximum Gasteiger partial charge on any atom is 0.281 e. The van der Waals surface area contributed by atoms with Gasteiger partial charge >= 0.3 is 0 Å². The molecule has 20 heavy (non-hydrogen) atoms. The van der Waals surface area contributed by atoms with Gasteiger partial charge in [0.2, 0.25) is 0 Å². The molecule has 1 heterocycles. The number of hydrogen-bond donors (Lipinski definition) is 0. The molecular weight excluding hydrogens is 400 g/mol. The first-order valence-electron chi connectivity index (χ1n) is 5.19. The monoisotopic (exact) mass is 404 g/mol. The summed E-state index contributed by atoms with van der Waals surface area (Å²) < 4.78 is 2.71. The SMILES string of the molecule is O=[N+]([O-])c1ccc(Cn2nc(Br)cc2Br)c([N+](=O)[O-])c1. The van der Waals surface area contributed by atoms with Gasteiger partial charge in [-0.15, -0.1) is 0 Å². The first-order chi connectivity index (χ1) is 9.38. The maximum absolute atomic E-state index is 11.0. The lowest BCUT2D eigenvalue weighted by Gasteiger charge is -2.04. The van der Waals surface area contributed by atoms with Crippen LogP contribution in [-0.4, -0.2) is 19.6 Å². The summed E-state index contributed by atoms with van der Waals surface area (Å²) in [7, 11) is 0. The van der Waals surface area contributed by atoms with Gasteiger partial charge in [0.15, 0.2) is 0 Å². The zero-order valence-corrected chi connectivity index (χ0v) is 12.9. The fraction of sp³-hybridized carbons (Fsp3) is 0.100. The van der Waals surface area contributed by atoms with Crippen LogP contribution in [0.2, 0.25) is 0 Å². The van der Waals surface area contributed by atoms with Crippen LogP contribution in [-0.2, 0) is 6.54 Å². The average molecular weight is 406 g/mol. The quantitative estimate of drug-likeness (QED) is 0.573. The molecule has 0 aliphatic carbocycles. The van der Waals surface area contributed by atoms with Crippen molar-refractivity contribution >= 4 is 43.2 Å². The van der Waals surface area contributed by atoms with E-state index in [-0.39, 0.29) is 17.9 Å². The summed E-state index contributed by atoms with van der Waals surface area (Å²) in [5.41, 5.74) is -0.296. The second kappa shape index (κ2) is 5.67. The van der Waals surface area contributed by atoms with E-state index in [2.05, 4.69) is 37.0 Å². The van der Waals surface area contributed by atoms with Crippen LogP contribution in [0.3, 0.4) is 0 Å². The van der Waals surface area contributed by atoms with Crippen molar-refractivity contribution < 1.29 is 9.85 Å². The van der Waals surface area contributed by atoms with Gasteiger partial charge in [-0.05, 0) is 37.9 Å². The van der Waals surface area contributed by atoms with Crippen LogP contribution in [0.15, 0.2) is 33.5 Å². The smallest absolute Gasteiger partial charge is 0.258 e. The molecule has 0 radical (unpaired) electrons. The van der Waals surface area contributed by atoms with E-state index in [4.69, 9.17) is 0 Å². The molecule has 8 nitrogen and oxygen atoms in total.